The predicted molar refractivity (Wildman–Crippen MR) is 80.8 cm³/mol. The van der Waals surface area contributed by atoms with E-state index in [9.17, 15) is 0 Å². The van der Waals surface area contributed by atoms with Crippen molar-refractivity contribution in [2.75, 3.05) is 0 Å². The van der Waals surface area contributed by atoms with E-state index in [1.807, 2.05) is 12.1 Å². The maximum atomic E-state index is 6.28. The van der Waals surface area contributed by atoms with Crippen LogP contribution < -0.4 is 5.32 Å². The zero-order valence-corrected chi connectivity index (χ0v) is 12.9. The zero-order chi connectivity index (χ0) is 13.0. The second-order valence-electron chi connectivity index (χ2n) is 5.60. The summed E-state index contributed by atoms with van der Waals surface area (Å²) in [7, 11) is 0. The molecule has 2 aliphatic rings. The van der Waals surface area contributed by atoms with Crippen LogP contribution in [0.25, 0.3) is 11.0 Å². The van der Waals surface area contributed by atoms with Crippen molar-refractivity contribution in [2.45, 2.75) is 44.2 Å². The molecule has 0 radical (unpaired) electrons. The van der Waals surface area contributed by atoms with E-state index in [1.165, 1.54) is 36.6 Å². The van der Waals surface area contributed by atoms with E-state index in [2.05, 4.69) is 21.2 Å². The van der Waals surface area contributed by atoms with Gasteiger partial charge in [-0.2, -0.15) is 0 Å². The highest BCUT2D eigenvalue weighted by Crippen LogP contribution is 2.49. The second-order valence-corrected chi connectivity index (χ2v) is 6.86. The molecule has 0 aliphatic heterocycles. The molecule has 0 saturated heterocycles. The van der Waals surface area contributed by atoms with Crippen LogP contribution in [0.2, 0.25) is 5.02 Å². The third-order valence-corrected chi connectivity index (χ3v) is 4.93. The van der Waals surface area contributed by atoms with E-state index >= 15 is 0 Å². The Morgan fingerprint density at radius 1 is 1.26 bits per heavy atom. The SMILES string of the molecule is Clc1ccc(Br)c2c(C3CC3)c(CNC3CC3)oc12. The molecule has 2 nitrogen and oxygen atoms in total. The standard InChI is InChI=1S/C15H15BrClNO/c16-10-5-6-11(17)15-14(10)13(8-1-2-8)12(19-15)7-18-9-3-4-9/h5-6,8-9,18H,1-4,7H2. The molecule has 1 aromatic heterocycles. The fourth-order valence-corrected chi connectivity index (χ4v) is 3.38. The van der Waals surface area contributed by atoms with Gasteiger partial charge in [0.05, 0.1) is 11.6 Å². The molecular weight excluding hydrogens is 326 g/mol. The number of fused-ring (bicyclic) bond motifs is 1. The molecule has 0 atom stereocenters. The van der Waals surface area contributed by atoms with Crippen LogP contribution in [0.15, 0.2) is 21.0 Å². The van der Waals surface area contributed by atoms with Crippen LogP contribution in [0.5, 0.6) is 0 Å². The van der Waals surface area contributed by atoms with Gasteiger partial charge in [-0.3, -0.25) is 0 Å². The number of furan rings is 1. The summed E-state index contributed by atoms with van der Waals surface area (Å²) in [6.07, 6.45) is 5.13. The molecule has 19 heavy (non-hydrogen) atoms. The van der Waals surface area contributed by atoms with Crippen LogP contribution in [-0.4, -0.2) is 6.04 Å². The minimum atomic E-state index is 0.659. The maximum absolute atomic E-state index is 6.28. The predicted octanol–water partition coefficient (Wildman–Crippen LogP) is 4.98. The molecule has 0 bridgehead atoms. The van der Waals surface area contributed by atoms with E-state index in [4.69, 9.17) is 16.0 Å². The lowest BCUT2D eigenvalue weighted by atomic mass is 10.1. The Morgan fingerprint density at radius 3 is 2.74 bits per heavy atom. The molecule has 2 fully saturated rings. The first-order valence-electron chi connectivity index (χ1n) is 6.86. The Kier molecular flexibility index (Phi) is 2.90. The Balaban J connectivity index is 1.83. The third-order valence-electron chi connectivity index (χ3n) is 3.97. The molecule has 2 aromatic rings. The molecule has 0 spiro atoms. The van der Waals surface area contributed by atoms with Gasteiger partial charge < -0.3 is 9.73 Å². The van der Waals surface area contributed by atoms with Crippen LogP contribution in [0.1, 0.15) is 42.9 Å². The molecule has 1 heterocycles. The van der Waals surface area contributed by atoms with Crippen molar-refractivity contribution >= 4 is 38.5 Å². The van der Waals surface area contributed by atoms with Gasteiger partial charge in [0, 0.05) is 21.5 Å². The number of benzene rings is 1. The quantitative estimate of drug-likeness (QED) is 0.849. The van der Waals surface area contributed by atoms with Gasteiger partial charge in [0.25, 0.3) is 0 Å². The van der Waals surface area contributed by atoms with Crippen LogP contribution in [0.4, 0.5) is 0 Å². The molecule has 4 rings (SSSR count). The average molecular weight is 341 g/mol. The summed E-state index contributed by atoms with van der Waals surface area (Å²) in [5.41, 5.74) is 2.21. The third kappa shape index (κ3) is 2.22. The fourth-order valence-electron chi connectivity index (χ4n) is 2.66. The van der Waals surface area contributed by atoms with Gasteiger partial charge in [0.15, 0.2) is 5.58 Å². The van der Waals surface area contributed by atoms with Crippen LogP contribution in [-0.2, 0) is 6.54 Å². The summed E-state index contributed by atoms with van der Waals surface area (Å²) in [4.78, 5) is 0. The van der Waals surface area contributed by atoms with Crippen molar-refractivity contribution in [3.8, 4) is 0 Å². The number of rotatable bonds is 4. The first-order chi connectivity index (χ1) is 9.24. The van der Waals surface area contributed by atoms with Crippen molar-refractivity contribution in [1.29, 1.82) is 0 Å². The zero-order valence-electron chi connectivity index (χ0n) is 10.5. The lowest BCUT2D eigenvalue weighted by Crippen LogP contribution is -2.15. The second kappa shape index (κ2) is 4.51. The largest absolute Gasteiger partial charge is 0.458 e. The van der Waals surface area contributed by atoms with Crippen molar-refractivity contribution in [3.05, 3.63) is 33.0 Å². The van der Waals surface area contributed by atoms with Gasteiger partial charge in [0.1, 0.15) is 5.76 Å². The Labute approximate surface area is 125 Å². The van der Waals surface area contributed by atoms with E-state index in [0.29, 0.717) is 17.0 Å². The minimum Gasteiger partial charge on any atom is -0.458 e. The highest BCUT2D eigenvalue weighted by atomic mass is 79.9. The number of nitrogens with one attached hydrogen (secondary N) is 1. The number of halogens is 2. The highest BCUT2D eigenvalue weighted by Gasteiger charge is 2.33. The lowest BCUT2D eigenvalue weighted by Gasteiger charge is -2.03. The summed E-state index contributed by atoms with van der Waals surface area (Å²) < 4.78 is 7.16. The van der Waals surface area contributed by atoms with Crippen molar-refractivity contribution in [2.24, 2.45) is 0 Å². The summed E-state index contributed by atoms with van der Waals surface area (Å²) in [6, 6.07) is 4.61. The van der Waals surface area contributed by atoms with E-state index in [0.717, 1.165) is 22.4 Å². The van der Waals surface area contributed by atoms with Gasteiger partial charge in [-0.1, -0.05) is 27.5 Å². The molecule has 1 aromatic carbocycles. The van der Waals surface area contributed by atoms with E-state index < -0.39 is 0 Å². The normalized spacial score (nSPS) is 19.3. The monoisotopic (exact) mass is 339 g/mol. The van der Waals surface area contributed by atoms with Crippen molar-refractivity contribution in [1.82, 2.24) is 5.32 Å². The van der Waals surface area contributed by atoms with E-state index in [-0.39, 0.29) is 0 Å². The van der Waals surface area contributed by atoms with Crippen molar-refractivity contribution in [3.63, 3.8) is 0 Å². The summed E-state index contributed by atoms with van der Waals surface area (Å²) in [5.74, 6) is 1.74. The fraction of sp³-hybridized carbons (Fsp3) is 0.467. The smallest absolute Gasteiger partial charge is 0.154 e. The van der Waals surface area contributed by atoms with Crippen LogP contribution in [0.3, 0.4) is 0 Å². The molecule has 2 aliphatic carbocycles. The molecule has 4 heteroatoms. The van der Waals surface area contributed by atoms with Crippen LogP contribution in [0, 0.1) is 0 Å². The maximum Gasteiger partial charge on any atom is 0.154 e. The van der Waals surface area contributed by atoms with E-state index in [1.54, 1.807) is 0 Å². The molecule has 2 saturated carbocycles. The van der Waals surface area contributed by atoms with Gasteiger partial charge >= 0.3 is 0 Å². The summed E-state index contributed by atoms with van der Waals surface area (Å²) >= 11 is 9.92. The number of hydrogen-bond donors (Lipinski definition) is 1. The van der Waals surface area contributed by atoms with Crippen LogP contribution >= 0.6 is 27.5 Å². The van der Waals surface area contributed by atoms with Crippen molar-refractivity contribution < 1.29 is 4.42 Å². The number of hydrogen-bond acceptors (Lipinski definition) is 2. The highest BCUT2D eigenvalue weighted by molar-refractivity contribution is 9.10. The summed E-state index contributed by atoms with van der Waals surface area (Å²) in [5, 5.41) is 5.43. The Hall–Kier alpha value is -0.510. The molecule has 100 valence electrons. The lowest BCUT2D eigenvalue weighted by molar-refractivity contribution is 0.506. The molecule has 1 N–H and O–H groups in total. The molecule has 0 unspecified atom stereocenters. The summed E-state index contributed by atoms with van der Waals surface area (Å²) in [6.45, 7) is 0.827. The Bertz CT molecular complexity index is 643. The molecular formula is C15H15BrClNO. The minimum absolute atomic E-state index is 0.659. The average Bonchev–Trinajstić information content (AvgIpc) is 3.30. The first kappa shape index (κ1) is 12.2. The molecule has 0 amide bonds. The van der Waals surface area contributed by atoms with Gasteiger partial charge in [-0.25, -0.2) is 0 Å². The Morgan fingerprint density at radius 2 is 2.05 bits per heavy atom. The topological polar surface area (TPSA) is 25.2 Å². The van der Waals surface area contributed by atoms with Gasteiger partial charge in [-0.15, -0.1) is 0 Å². The first-order valence-corrected chi connectivity index (χ1v) is 8.04. The van der Waals surface area contributed by atoms with Gasteiger partial charge in [0.2, 0.25) is 0 Å². The van der Waals surface area contributed by atoms with Gasteiger partial charge in [-0.05, 0) is 43.7 Å².